The van der Waals surface area contributed by atoms with E-state index in [-0.39, 0.29) is 10.6 Å². The molecular formula is C16H19ClN4O. The van der Waals surface area contributed by atoms with Gasteiger partial charge in [-0.3, -0.25) is 4.79 Å². The predicted octanol–water partition coefficient (Wildman–Crippen LogP) is 3.03. The summed E-state index contributed by atoms with van der Waals surface area (Å²) in [6, 6.07) is 8.51. The van der Waals surface area contributed by atoms with E-state index >= 15 is 0 Å². The lowest BCUT2D eigenvalue weighted by atomic mass is 10.1. The zero-order chi connectivity index (χ0) is 15.4. The molecule has 0 bridgehead atoms. The fourth-order valence-corrected chi connectivity index (χ4v) is 2.84. The summed E-state index contributed by atoms with van der Waals surface area (Å²) in [5, 5.41) is 9.32. The van der Waals surface area contributed by atoms with Gasteiger partial charge in [-0.2, -0.15) is 5.10 Å². The van der Waals surface area contributed by atoms with Gasteiger partial charge < -0.3 is 10.2 Å². The number of hydrogen-bond donors (Lipinski definition) is 2. The van der Waals surface area contributed by atoms with Gasteiger partial charge in [-0.15, -0.1) is 0 Å². The van der Waals surface area contributed by atoms with Gasteiger partial charge in [0, 0.05) is 25.3 Å². The molecule has 0 spiro atoms. The van der Waals surface area contributed by atoms with Gasteiger partial charge in [0.25, 0.3) is 5.56 Å². The minimum absolute atomic E-state index is 0.139. The molecule has 1 saturated heterocycles. The van der Waals surface area contributed by atoms with Gasteiger partial charge in [0.15, 0.2) is 0 Å². The molecule has 1 aliphatic rings. The van der Waals surface area contributed by atoms with E-state index in [1.165, 1.54) is 31.1 Å². The SMILES string of the molecule is O=c1[nH]ncc(NCc2ccc(N3CCCCC3)cc2)c1Cl. The molecule has 5 nitrogen and oxygen atoms in total. The summed E-state index contributed by atoms with van der Waals surface area (Å²) in [5.74, 6) is 0. The van der Waals surface area contributed by atoms with Crippen molar-refractivity contribution < 1.29 is 0 Å². The molecule has 1 aromatic carbocycles. The van der Waals surface area contributed by atoms with Crippen LogP contribution >= 0.6 is 11.6 Å². The molecule has 0 amide bonds. The summed E-state index contributed by atoms with van der Waals surface area (Å²) in [6.45, 7) is 2.89. The van der Waals surface area contributed by atoms with Crippen LogP contribution in [0.25, 0.3) is 0 Å². The summed E-state index contributed by atoms with van der Waals surface area (Å²) in [5.41, 5.74) is 2.58. The average Bonchev–Trinajstić information content (AvgIpc) is 2.57. The van der Waals surface area contributed by atoms with Crippen LogP contribution in [-0.4, -0.2) is 23.3 Å². The van der Waals surface area contributed by atoms with Crippen molar-refractivity contribution in [3.8, 4) is 0 Å². The number of halogens is 1. The van der Waals surface area contributed by atoms with Crippen LogP contribution in [0, 0.1) is 0 Å². The summed E-state index contributed by atoms with van der Waals surface area (Å²) in [4.78, 5) is 13.8. The fraction of sp³-hybridized carbons (Fsp3) is 0.375. The average molecular weight is 319 g/mol. The molecule has 1 aromatic heterocycles. The van der Waals surface area contributed by atoms with E-state index < -0.39 is 0 Å². The second kappa shape index (κ2) is 6.83. The zero-order valence-corrected chi connectivity index (χ0v) is 13.1. The number of nitrogens with zero attached hydrogens (tertiary/aromatic N) is 2. The maximum absolute atomic E-state index is 11.4. The number of piperidine rings is 1. The molecule has 1 aliphatic heterocycles. The Labute approximate surface area is 134 Å². The van der Waals surface area contributed by atoms with Crippen LogP contribution in [0.5, 0.6) is 0 Å². The van der Waals surface area contributed by atoms with Crippen LogP contribution in [0.15, 0.2) is 35.3 Å². The maximum atomic E-state index is 11.4. The van der Waals surface area contributed by atoms with E-state index in [9.17, 15) is 4.79 Å². The first-order valence-electron chi connectivity index (χ1n) is 7.55. The molecule has 1 fully saturated rings. The van der Waals surface area contributed by atoms with Crippen molar-refractivity contribution in [2.75, 3.05) is 23.3 Å². The zero-order valence-electron chi connectivity index (χ0n) is 12.3. The largest absolute Gasteiger partial charge is 0.378 e. The Morgan fingerprint density at radius 1 is 1.18 bits per heavy atom. The molecule has 2 N–H and O–H groups in total. The van der Waals surface area contributed by atoms with Crippen molar-refractivity contribution in [1.82, 2.24) is 10.2 Å². The van der Waals surface area contributed by atoms with E-state index in [1.807, 2.05) is 0 Å². The van der Waals surface area contributed by atoms with Crippen molar-refractivity contribution in [2.24, 2.45) is 0 Å². The van der Waals surface area contributed by atoms with Crippen LogP contribution in [0.2, 0.25) is 5.02 Å². The highest BCUT2D eigenvalue weighted by Gasteiger charge is 2.10. The maximum Gasteiger partial charge on any atom is 0.285 e. The van der Waals surface area contributed by atoms with Crippen LogP contribution in [0.3, 0.4) is 0 Å². The number of aromatic nitrogens is 2. The van der Waals surface area contributed by atoms with Crippen molar-refractivity contribution in [1.29, 1.82) is 0 Å². The monoisotopic (exact) mass is 318 g/mol. The number of rotatable bonds is 4. The normalized spacial score (nSPS) is 14.9. The van der Waals surface area contributed by atoms with Crippen molar-refractivity contribution in [2.45, 2.75) is 25.8 Å². The van der Waals surface area contributed by atoms with E-state index in [0.29, 0.717) is 12.2 Å². The van der Waals surface area contributed by atoms with Crippen LogP contribution in [0.4, 0.5) is 11.4 Å². The van der Waals surface area contributed by atoms with Crippen LogP contribution in [0.1, 0.15) is 24.8 Å². The summed E-state index contributed by atoms with van der Waals surface area (Å²) in [6.07, 6.45) is 5.41. The summed E-state index contributed by atoms with van der Waals surface area (Å²) >= 11 is 5.93. The van der Waals surface area contributed by atoms with Crippen LogP contribution in [-0.2, 0) is 6.54 Å². The molecule has 22 heavy (non-hydrogen) atoms. The van der Waals surface area contributed by atoms with E-state index in [0.717, 1.165) is 18.7 Å². The smallest absolute Gasteiger partial charge is 0.285 e. The van der Waals surface area contributed by atoms with E-state index in [2.05, 4.69) is 44.7 Å². The molecule has 116 valence electrons. The van der Waals surface area contributed by atoms with E-state index in [4.69, 9.17) is 11.6 Å². The number of H-pyrrole nitrogens is 1. The van der Waals surface area contributed by atoms with Gasteiger partial charge in [-0.25, -0.2) is 5.10 Å². The number of anilines is 2. The number of nitrogens with one attached hydrogen (secondary N) is 2. The molecule has 0 atom stereocenters. The second-order valence-corrected chi connectivity index (χ2v) is 5.87. The molecular weight excluding hydrogens is 300 g/mol. The third kappa shape index (κ3) is 3.42. The Balaban J connectivity index is 1.63. The first-order valence-corrected chi connectivity index (χ1v) is 7.93. The number of aromatic amines is 1. The van der Waals surface area contributed by atoms with Gasteiger partial charge in [0.1, 0.15) is 5.02 Å². The molecule has 2 aromatic rings. The lowest BCUT2D eigenvalue weighted by molar-refractivity contribution is 0.578. The lowest BCUT2D eigenvalue weighted by Crippen LogP contribution is -2.29. The molecule has 2 heterocycles. The molecule has 0 aliphatic carbocycles. The third-order valence-corrected chi connectivity index (χ3v) is 4.31. The highest BCUT2D eigenvalue weighted by molar-refractivity contribution is 6.32. The second-order valence-electron chi connectivity index (χ2n) is 5.49. The molecule has 0 unspecified atom stereocenters. The summed E-state index contributed by atoms with van der Waals surface area (Å²) < 4.78 is 0. The molecule has 0 radical (unpaired) electrons. The Morgan fingerprint density at radius 3 is 2.64 bits per heavy atom. The minimum Gasteiger partial charge on any atom is -0.378 e. The Bertz CT molecular complexity index is 677. The van der Waals surface area contributed by atoms with Gasteiger partial charge in [0.05, 0.1) is 11.9 Å². The molecule has 3 rings (SSSR count). The molecule has 0 saturated carbocycles. The number of benzene rings is 1. The van der Waals surface area contributed by atoms with Crippen molar-refractivity contribution in [3.63, 3.8) is 0 Å². The van der Waals surface area contributed by atoms with Crippen LogP contribution < -0.4 is 15.8 Å². The topological polar surface area (TPSA) is 61.0 Å². The van der Waals surface area contributed by atoms with E-state index in [1.54, 1.807) is 0 Å². The van der Waals surface area contributed by atoms with Gasteiger partial charge in [0.2, 0.25) is 0 Å². The quantitative estimate of drug-likeness (QED) is 0.909. The number of hydrogen-bond acceptors (Lipinski definition) is 4. The van der Waals surface area contributed by atoms with Gasteiger partial charge in [-0.05, 0) is 37.0 Å². The Kier molecular flexibility index (Phi) is 4.63. The first kappa shape index (κ1) is 14.9. The standard InChI is InChI=1S/C16H19ClN4O/c17-15-14(11-19-20-16(15)22)18-10-12-4-6-13(7-5-12)21-8-2-1-3-9-21/h4-7,11H,1-3,8-10H2,(H2,18,20,22). The predicted molar refractivity (Wildman–Crippen MR) is 89.7 cm³/mol. The fourth-order valence-electron chi connectivity index (χ4n) is 2.68. The van der Waals surface area contributed by atoms with Crippen molar-refractivity contribution in [3.05, 3.63) is 51.4 Å². The summed E-state index contributed by atoms with van der Waals surface area (Å²) in [7, 11) is 0. The Morgan fingerprint density at radius 2 is 1.91 bits per heavy atom. The Hall–Kier alpha value is -2.01. The minimum atomic E-state index is -0.382. The first-order chi connectivity index (χ1) is 10.7. The third-order valence-electron chi connectivity index (χ3n) is 3.94. The van der Waals surface area contributed by atoms with Gasteiger partial charge in [-0.1, -0.05) is 23.7 Å². The van der Waals surface area contributed by atoms with Crippen molar-refractivity contribution >= 4 is 23.0 Å². The highest BCUT2D eigenvalue weighted by atomic mass is 35.5. The highest BCUT2D eigenvalue weighted by Crippen LogP contribution is 2.21. The molecule has 6 heteroatoms. The lowest BCUT2D eigenvalue weighted by Gasteiger charge is -2.28. The van der Waals surface area contributed by atoms with Gasteiger partial charge >= 0.3 is 0 Å².